The number of hydrogen-bond acceptors (Lipinski definition) is 5. The highest BCUT2D eigenvalue weighted by Crippen LogP contribution is 2.47. The van der Waals surface area contributed by atoms with Gasteiger partial charge in [0.05, 0.1) is 12.3 Å². The number of nitrogens with zero attached hydrogens (tertiary/aromatic N) is 4. The molecule has 1 spiro atoms. The molecule has 1 saturated carbocycles. The third-order valence-electron chi connectivity index (χ3n) is 6.17. The van der Waals surface area contributed by atoms with Crippen LogP contribution in [0.3, 0.4) is 0 Å². The zero-order valence-corrected chi connectivity index (χ0v) is 15.4. The summed E-state index contributed by atoms with van der Waals surface area (Å²) in [5.41, 5.74) is 0.906. The molecule has 1 amide bonds. The molecule has 1 atom stereocenters. The number of carbonyl (C=O) groups is 1. The summed E-state index contributed by atoms with van der Waals surface area (Å²) >= 11 is 0. The number of halogens is 1. The molecular formula is C19H27FN4O2. The number of anilines is 1. The number of aromatic nitrogens is 1. The third kappa shape index (κ3) is 3.24. The van der Waals surface area contributed by atoms with E-state index in [1.165, 1.54) is 19.0 Å². The Morgan fingerprint density at radius 1 is 1.35 bits per heavy atom. The monoisotopic (exact) mass is 362 g/mol. The Bertz CT molecular complexity index is 657. The van der Waals surface area contributed by atoms with Crippen LogP contribution in [0.5, 0.6) is 0 Å². The lowest BCUT2D eigenvalue weighted by Crippen LogP contribution is -2.58. The summed E-state index contributed by atoms with van der Waals surface area (Å²) in [5.74, 6) is -0.380. The van der Waals surface area contributed by atoms with Gasteiger partial charge in [-0.2, -0.15) is 4.39 Å². The Balaban J connectivity index is 1.28. The van der Waals surface area contributed by atoms with Crippen LogP contribution in [0, 0.1) is 11.4 Å². The summed E-state index contributed by atoms with van der Waals surface area (Å²) in [6.07, 6.45) is 4.85. The fraction of sp³-hybridized carbons (Fsp3) is 0.684. The fourth-order valence-corrected chi connectivity index (χ4v) is 4.82. The van der Waals surface area contributed by atoms with Gasteiger partial charge in [0.1, 0.15) is 0 Å². The van der Waals surface area contributed by atoms with Crippen LogP contribution in [-0.2, 0) is 4.74 Å². The Morgan fingerprint density at radius 3 is 2.81 bits per heavy atom. The summed E-state index contributed by atoms with van der Waals surface area (Å²) in [4.78, 5) is 22.0. The van der Waals surface area contributed by atoms with Crippen molar-refractivity contribution in [1.82, 2.24) is 14.8 Å². The van der Waals surface area contributed by atoms with Crippen LogP contribution in [0.25, 0.3) is 0 Å². The third-order valence-corrected chi connectivity index (χ3v) is 6.17. The molecule has 3 aliphatic rings. The molecule has 0 N–H and O–H groups in total. The zero-order valence-electron chi connectivity index (χ0n) is 15.4. The summed E-state index contributed by atoms with van der Waals surface area (Å²) in [6, 6.07) is 4.18. The number of carbonyl (C=O) groups excluding carboxylic acids is 1. The first-order valence-corrected chi connectivity index (χ1v) is 9.61. The number of pyridine rings is 1. The molecule has 3 fully saturated rings. The number of ether oxygens (including phenoxy) is 1. The van der Waals surface area contributed by atoms with Crippen LogP contribution in [0.2, 0.25) is 0 Å². The van der Waals surface area contributed by atoms with E-state index in [0.717, 1.165) is 45.7 Å². The Kier molecular flexibility index (Phi) is 4.73. The molecule has 3 heterocycles. The second kappa shape index (κ2) is 7.02. The Labute approximate surface area is 153 Å². The van der Waals surface area contributed by atoms with Crippen LogP contribution in [0.4, 0.5) is 14.9 Å². The quantitative estimate of drug-likeness (QED) is 0.773. The van der Waals surface area contributed by atoms with E-state index in [0.29, 0.717) is 23.8 Å². The highest BCUT2D eigenvalue weighted by atomic mass is 19.1. The maximum Gasteiger partial charge on any atom is 0.409 e. The SMILES string of the molecule is CCOC(=O)N1CC2(CCC(N3CCN(c4cccnc4F)CC3)C2)C1. The van der Waals surface area contributed by atoms with Crippen molar-refractivity contribution < 1.29 is 13.9 Å². The van der Waals surface area contributed by atoms with Crippen molar-refractivity contribution >= 4 is 11.8 Å². The average molecular weight is 362 g/mol. The topological polar surface area (TPSA) is 48.9 Å². The zero-order chi connectivity index (χ0) is 18.1. The van der Waals surface area contributed by atoms with Crippen LogP contribution < -0.4 is 4.90 Å². The molecule has 4 rings (SSSR count). The molecule has 0 aromatic carbocycles. The predicted molar refractivity (Wildman–Crippen MR) is 96.6 cm³/mol. The van der Waals surface area contributed by atoms with Crippen LogP contribution >= 0.6 is 0 Å². The minimum Gasteiger partial charge on any atom is -0.450 e. The first-order chi connectivity index (χ1) is 12.6. The standard InChI is InChI=1S/C19H27FN4O2/c1-2-26-18(25)24-13-19(14-24)6-5-15(12-19)22-8-10-23(11-9-22)16-4-3-7-21-17(16)20/h3-4,7,15H,2,5-6,8-14H2,1H3. The molecular weight excluding hydrogens is 335 g/mol. The van der Waals surface area contributed by atoms with E-state index < -0.39 is 0 Å². The van der Waals surface area contributed by atoms with Crippen molar-refractivity contribution in [3.05, 3.63) is 24.3 Å². The van der Waals surface area contributed by atoms with Gasteiger partial charge in [0, 0.05) is 56.9 Å². The van der Waals surface area contributed by atoms with E-state index in [1.807, 2.05) is 11.8 Å². The first kappa shape index (κ1) is 17.5. The number of likely N-dealkylation sites (tertiary alicyclic amines) is 1. The lowest BCUT2D eigenvalue weighted by atomic mass is 9.78. The smallest absolute Gasteiger partial charge is 0.409 e. The van der Waals surface area contributed by atoms with E-state index >= 15 is 0 Å². The molecule has 6 nitrogen and oxygen atoms in total. The van der Waals surface area contributed by atoms with Crippen molar-refractivity contribution in [3.8, 4) is 0 Å². The molecule has 142 valence electrons. The van der Waals surface area contributed by atoms with Gasteiger partial charge in [-0.3, -0.25) is 4.90 Å². The molecule has 1 aliphatic carbocycles. The molecule has 1 aromatic heterocycles. The largest absolute Gasteiger partial charge is 0.450 e. The Hall–Kier alpha value is -1.89. The van der Waals surface area contributed by atoms with Gasteiger partial charge in [-0.25, -0.2) is 9.78 Å². The molecule has 2 aliphatic heterocycles. The first-order valence-electron chi connectivity index (χ1n) is 9.61. The summed E-state index contributed by atoms with van der Waals surface area (Å²) in [7, 11) is 0. The van der Waals surface area contributed by atoms with Crippen molar-refractivity contribution in [2.24, 2.45) is 5.41 Å². The summed E-state index contributed by atoms with van der Waals surface area (Å²) < 4.78 is 19.0. The molecule has 0 bridgehead atoms. The van der Waals surface area contributed by atoms with E-state index in [-0.39, 0.29) is 12.0 Å². The molecule has 26 heavy (non-hydrogen) atoms. The van der Waals surface area contributed by atoms with Gasteiger partial charge in [-0.1, -0.05) is 0 Å². The normalized spacial score (nSPS) is 25.4. The number of amides is 1. The average Bonchev–Trinajstić information content (AvgIpc) is 3.07. The fourth-order valence-electron chi connectivity index (χ4n) is 4.82. The maximum atomic E-state index is 13.9. The van der Waals surface area contributed by atoms with Gasteiger partial charge < -0.3 is 14.5 Å². The van der Waals surface area contributed by atoms with Crippen LogP contribution in [-0.4, -0.2) is 72.8 Å². The lowest BCUT2D eigenvalue weighted by Gasteiger charge is -2.48. The maximum absolute atomic E-state index is 13.9. The van der Waals surface area contributed by atoms with E-state index in [9.17, 15) is 9.18 Å². The van der Waals surface area contributed by atoms with Gasteiger partial charge in [0.2, 0.25) is 5.95 Å². The van der Waals surface area contributed by atoms with E-state index in [2.05, 4.69) is 14.8 Å². The summed E-state index contributed by atoms with van der Waals surface area (Å²) in [6.45, 7) is 7.53. The van der Waals surface area contributed by atoms with Gasteiger partial charge >= 0.3 is 6.09 Å². The minimum absolute atomic E-state index is 0.173. The van der Waals surface area contributed by atoms with E-state index in [1.54, 1.807) is 12.1 Å². The molecule has 7 heteroatoms. The molecule has 2 saturated heterocycles. The van der Waals surface area contributed by atoms with Gasteiger partial charge in [0.25, 0.3) is 0 Å². The van der Waals surface area contributed by atoms with Gasteiger partial charge in [0.15, 0.2) is 0 Å². The minimum atomic E-state index is -0.380. The predicted octanol–water partition coefficient (Wildman–Crippen LogP) is 2.35. The van der Waals surface area contributed by atoms with E-state index in [4.69, 9.17) is 4.74 Å². The van der Waals surface area contributed by atoms with Crippen molar-refractivity contribution in [2.45, 2.75) is 32.2 Å². The number of piperazine rings is 1. The highest BCUT2D eigenvalue weighted by Gasteiger charge is 2.51. The second-order valence-electron chi connectivity index (χ2n) is 7.79. The van der Waals surface area contributed by atoms with Gasteiger partial charge in [-0.05, 0) is 38.3 Å². The van der Waals surface area contributed by atoms with Crippen molar-refractivity contribution in [2.75, 3.05) is 50.8 Å². The lowest BCUT2D eigenvalue weighted by molar-refractivity contribution is -0.00294. The van der Waals surface area contributed by atoms with Gasteiger partial charge in [-0.15, -0.1) is 0 Å². The van der Waals surface area contributed by atoms with Crippen LogP contribution in [0.1, 0.15) is 26.2 Å². The highest BCUT2D eigenvalue weighted by molar-refractivity contribution is 5.69. The van der Waals surface area contributed by atoms with Crippen molar-refractivity contribution in [3.63, 3.8) is 0 Å². The molecule has 1 unspecified atom stereocenters. The number of rotatable bonds is 3. The Morgan fingerprint density at radius 2 is 2.12 bits per heavy atom. The molecule has 0 radical (unpaired) electrons. The second-order valence-corrected chi connectivity index (χ2v) is 7.79. The van der Waals surface area contributed by atoms with Crippen LogP contribution in [0.15, 0.2) is 18.3 Å². The molecule has 1 aromatic rings. The number of hydrogen-bond donors (Lipinski definition) is 0. The summed E-state index contributed by atoms with van der Waals surface area (Å²) in [5, 5.41) is 0. The van der Waals surface area contributed by atoms with Crippen molar-refractivity contribution in [1.29, 1.82) is 0 Å².